The molecule has 1 rings (SSSR count). The summed E-state index contributed by atoms with van der Waals surface area (Å²) in [7, 11) is 3.67. The van der Waals surface area contributed by atoms with Gasteiger partial charge >= 0.3 is 0 Å². The van der Waals surface area contributed by atoms with Gasteiger partial charge in [0.15, 0.2) is 0 Å². The van der Waals surface area contributed by atoms with Crippen LogP contribution in [-0.2, 0) is 0 Å². The summed E-state index contributed by atoms with van der Waals surface area (Å²) in [5, 5.41) is 1.84. The maximum atomic E-state index is 12.4. The molecule has 1 nitrogen and oxygen atoms in total. The highest BCUT2D eigenvalue weighted by Gasteiger charge is 2.01. The van der Waals surface area contributed by atoms with Crippen LogP contribution in [0.25, 0.3) is 0 Å². The number of nitrogens with two attached hydrogens (primary N) is 1. The average molecular weight is 153 g/mol. The Morgan fingerprint density at radius 3 is 2.36 bits per heavy atom. The normalized spacial score (nSPS) is 13.0. The van der Waals surface area contributed by atoms with Gasteiger partial charge in [-0.3, -0.25) is 0 Å². The minimum absolute atomic E-state index is 0.190. The monoisotopic (exact) mass is 153 g/mol. The minimum atomic E-state index is -0.190. The summed E-state index contributed by atoms with van der Waals surface area (Å²) in [4.78, 5) is 0. The largest absolute Gasteiger partial charge is 0.473 e. The predicted octanol–water partition coefficient (Wildman–Crippen LogP) is 1.24. The van der Waals surface area contributed by atoms with E-state index in [1.807, 2.05) is 12.2 Å². The van der Waals surface area contributed by atoms with Gasteiger partial charge in [0.2, 0.25) is 0 Å². The molecule has 11 heavy (non-hydrogen) atoms. The summed E-state index contributed by atoms with van der Waals surface area (Å²) < 4.78 is 12.4. The lowest BCUT2D eigenvalue weighted by atomic mass is 10.1. The summed E-state index contributed by atoms with van der Waals surface area (Å²) in [6.45, 7) is 2.03. The third-order valence-electron chi connectivity index (χ3n) is 1.75. The summed E-state index contributed by atoms with van der Waals surface area (Å²) in [6.07, 6.45) is 0. The molecule has 0 aromatic heterocycles. The van der Waals surface area contributed by atoms with Crippen LogP contribution in [0.1, 0.15) is 18.5 Å². The Morgan fingerprint density at radius 1 is 1.36 bits per heavy atom. The lowest BCUT2D eigenvalue weighted by molar-refractivity contribution is -0.637. The third-order valence-corrected chi connectivity index (χ3v) is 1.75. The molecule has 0 aliphatic carbocycles. The van der Waals surface area contributed by atoms with Crippen molar-refractivity contribution in [3.63, 3.8) is 0 Å². The minimum Gasteiger partial charge on any atom is -0.473 e. The number of hydrogen-bond acceptors (Lipinski definition) is 0. The van der Waals surface area contributed by atoms with E-state index in [0.717, 1.165) is 5.56 Å². The van der Waals surface area contributed by atoms with Crippen molar-refractivity contribution in [1.29, 1.82) is 0 Å². The molecule has 0 aliphatic heterocycles. The first-order chi connectivity index (χ1) is 5.24. The molecular formula is C9H12FN. The Balaban J connectivity index is 2.81. The molecule has 0 fully saturated rings. The highest BCUT2D eigenvalue weighted by atomic mass is 19.1. The van der Waals surface area contributed by atoms with Crippen molar-refractivity contribution in [2.24, 2.45) is 0 Å². The van der Waals surface area contributed by atoms with Crippen molar-refractivity contribution in [3.8, 4) is 0 Å². The van der Waals surface area contributed by atoms with Gasteiger partial charge in [-0.1, -0.05) is 12.1 Å². The second-order valence-corrected chi connectivity index (χ2v) is 2.58. The van der Waals surface area contributed by atoms with E-state index in [1.165, 1.54) is 12.1 Å². The molecule has 1 aromatic carbocycles. The second kappa shape index (κ2) is 3.49. The zero-order valence-electron chi connectivity index (χ0n) is 6.55. The van der Waals surface area contributed by atoms with E-state index in [0.29, 0.717) is 6.04 Å². The zero-order valence-corrected chi connectivity index (χ0v) is 6.55. The highest BCUT2D eigenvalue weighted by Crippen LogP contribution is 2.08. The molecule has 1 atom stereocenters. The molecule has 0 spiro atoms. The van der Waals surface area contributed by atoms with Crippen LogP contribution in [0.15, 0.2) is 24.3 Å². The Morgan fingerprint density at radius 2 is 1.91 bits per heavy atom. The summed E-state index contributed by atoms with van der Waals surface area (Å²) in [6, 6.07) is 6.80. The van der Waals surface area contributed by atoms with E-state index in [1.54, 1.807) is 12.1 Å². The fourth-order valence-corrected chi connectivity index (χ4v) is 0.902. The van der Waals surface area contributed by atoms with Crippen molar-refractivity contribution in [3.05, 3.63) is 42.7 Å². The van der Waals surface area contributed by atoms with Crippen molar-refractivity contribution >= 4 is 0 Å². The molecule has 60 valence electrons. The molecular weight excluding hydrogens is 141 g/mol. The standard InChI is InChI=1S/C9H12FN/c1-7(11-2)8-3-5-9(10)6-4-8/h3-7H,2,11H2,1H3. The Hall–Kier alpha value is -0.890. The lowest BCUT2D eigenvalue weighted by Gasteiger charge is -2.10. The Kier molecular flexibility index (Phi) is 2.60. The second-order valence-electron chi connectivity index (χ2n) is 2.58. The molecule has 1 unspecified atom stereocenters. The molecule has 0 aliphatic rings. The average Bonchev–Trinajstić information content (AvgIpc) is 2.05. The van der Waals surface area contributed by atoms with Crippen LogP contribution < -0.4 is 5.32 Å². The molecule has 2 N–H and O–H groups in total. The van der Waals surface area contributed by atoms with Gasteiger partial charge in [0.1, 0.15) is 5.82 Å². The molecule has 0 bridgehead atoms. The van der Waals surface area contributed by atoms with Gasteiger partial charge < -0.3 is 5.32 Å². The first-order valence-corrected chi connectivity index (χ1v) is 3.62. The number of rotatable bonds is 2. The highest BCUT2D eigenvalue weighted by molar-refractivity contribution is 5.17. The van der Waals surface area contributed by atoms with Gasteiger partial charge in [0.25, 0.3) is 0 Å². The molecule has 0 radical (unpaired) electrons. The van der Waals surface area contributed by atoms with Crippen LogP contribution in [0.3, 0.4) is 0 Å². The van der Waals surface area contributed by atoms with Crippen molar-refractivity contribution < 1.29 is 9.71 Å². The van der Waals surface area contributed by atoms with Gasteiger partial charge in [0.05, 0.1) is 6.04 Å². The quantitative estimate of drug-likeness (QED) is 0.616. The van der Waals surface area contributed by atoms with Crippen LogP contribution in [0.4, 0.5) is 4.39 Å². The maximum Gasteiger partial charge on any atom is 0.123 e. The zero-order chi connectivity index (χ0) is 8.27. The lowest BCUT2D eigenvalue weighted by Crippen LogP contribution is -2.77. The van der Waals surface area contributed by atoms with E-state index in [-0.39, 0.29) is 5.82 Å². The maximum absolute atomic E-state index is 12.4. The third kappa shape index (κ3) is 2.02. The number of halogens is 1. The Bertz CT molecular complexity index is 218. The topological polar surface area (TPSA) is 16.6 Å². The van der Waals surface area contributed by atoms with E-state index >= 15 is 0 Å². The summed E-state index contributed by atoms with van der Waals surface area (Å²) in [5.41, 5.74) is 1.10. The van der Waals surface area contributed by atoms with Crippen LogP contribution in [0.2, 0.25) is 0 Å². The number of quaternary nitrogens is 1. The van der Waals surface area contributed by atoms with Crippen LogP contribution in [-0.4, -0.2) is 0 Å². The molecule has 0 saturated heterocycles. The molecule has 0 heterocycles. The fourth-order valence-electron chi connectivity index (χ4n) is 0.902. The number of hydrogen-bond donors (Lipinski definition) is 1. The first kappa shape index (κ1) is 8.21. The van der Waals surface area contributed by atoms with Gasteiger partial charge in [-0.05, 0) is 19.1 Å². The number of benzene rings is 1. The summed E-state index contributed by atoms with van der Waals surface area (Å²) in [5.74, 6) is -0.190. The van der Waals surface area contributed by atoms with E-state index in [4.69, 9.17) is 0 Å². The molecule has 1 aromatic rings. The SMILES string of the molecule is [CH2-][NH2+]C(C)c1ccc(F)cc1. The van der Waals surface area contributed by atoms with Crippen molar-refractivity contribution in [2.45, 2.75) is 13.0 Å². The van der Waals surface area contributed by atoms with E-state index < -0.39 is 0 Å². The van der Waals surface area contributed by atoms with Crippen LogP contribution >= 0.6 is 0 Å². The molecule has 2 heteroatoms. The van der Waals surface area contributed by atoms with E-state index in [2.05, 4.69) is 7.05 Å². The first-order valence-electron chi connectivity index (χ1n) is 3.62. The Labute approximate surface area is 66.2 Å². The van der Waals surface area contributed by atoms with Gasteiger partial charge in [-0.2, -0.15) is 7.05 Å². The van der Waals surface area contributed by atoms with Crippen molar-refractivity contribution in [1.82, 2.24) is 0 Å². The summed E-state index contributed by atoms with van der Waals surface area (Å²) >= 11 is 0. The smallest absolute Gasteiger partial charge is 0.123 e. The van der Waals surface area contributed by atoms with Gasteiger partial charge in [0, 0.05) is 5.56 Å². The van der Waals surface area contributed by atoms with Crippen molar-refractivity contribution in [2.75, 3.05) is 0 Å². The fraction of sp³-hybridized carbons (Fsp3) is 0.222. The molecule has 0 amide bonds. The molecule has 0 saturated carbocycles. The van der Waals surface area contributed by atoms with Gasteiger partial charge in [-0.15, -0.1) is 0 Å². The van der Waals surface area contributed by atoms with Gasteiger partial charge in [-0.25, -0.2) is 4.39 Å². The van der Waals surface area contributed by atoms with E-state index in [9.17, 15) is 4.39 Å². The van der Waals surface area contributed by atoms with Crippen LogP contribution in [0, 0.1) is 12.9 Å². The predicted molar refractivity (Wildman–Crippen MR) is 42.1 cm³/mol. The van der Waals surface area contributed by atoms with Crippen LogP contribution in [0.5, 0.6) is 0 Å².